The van der Waals surface area contributed by atoms with Crippen LogP contribution in [-0.2, 0) is 6.54 Å². The topological polar surface area (TPSA) is 42.7 Å². The van der Waals surface area contributed by atoms with Crippen LogP contribution in [0.4, 0.5) is 0 Å². The fraction of sp³-hybridized carbons (Fsp3) is 0.429. The second kappa shape index (κ2) is 4.53. The number of hydrogen-bond donors (Lipinski definition) is 1. The van der Waals surface area contributed by atoms with Gasteiger partial charge in [-0.2, -0.15) is 5.10 Å². The largest absolute Gasteiger partial charge is 0.310 e. The van der Waals surface area contributed by atoms with Crippen LogP contribution in [0, 0.1) is 13.8 Å². The van der Waals surface area contributed by atoms with Crippen LogP contribution in [0.2, 0.25) is 0 Å². The third-order valence-electron chi connectivity index (χ3n) is 3.21. The van der Waals surface area contributed by atoms with E-state index in [0.29, 0.717) is 0 Å². The molecule has 1 aliphatic rings. The molecule has 94 valence electrons. The highest BCUT2D eigenvalue weighted by molar-refractivity contribution is 5.29. The molecule has 4 nitrogen and oxygen atoms in total. The molecule has 4 heteroatoms. The predicted octanol–water partition coefficient (Wildman–Crippen LogP) is 2.14. The summed E-state index contributed by atoms with van der Waals surface area (Å²) in [6.45, 7) is 4.97. The normalized spacial score (nSPS) is 15.0. The van der Waals surface area contributed by atoms with Crippen LogP contribution in [0.25, 0.3) is 5.82 Å². The number of rotatable bonds is 4. The van der Waals surface area contributed by atoms with Crippen LogP contribution in [0.15, 0.2) is 24.4 Å². The fourth-order valence-electron chi connectivity index (χ4n) is 2.10. The summed E-state index contributed by atoms with van der Waals surface area (Å²) in [6.07, 6.45) is 4.49. The van der Waals surface area contributed by atoms with Crippen LogP contribution < -0.4 is 5.32 Å². The van der Waals surface area contributed by atoms with Crippen LogP contribution in [-0.4, -0.2) is 20.8 Å². The average Bonchev–Trinajstić information content (AvgIpc) is 3.12. The van der Waals surface area contributed by atoms with Crippen molar-refractivity contribution in [1.29, 1.82) is 0 Å². The lowest BCUT2D eigenvalue weighted by Gasteiger charge is -2.07. The van der Waals surface area contributed by atoms with Crippen LogP contribution in [0.5, 0.6) is 0 Å². The molecule has 0 spiro atoms. The van der Waals surface area contributed by atoms with Crippen molar-refractivity contribution < 1.29 is 0 Å². The van der Waals surface area contributed by atoms with E-state index in [1.165, 1.54) is 18.4 Å². The molecule has 0 atom stereocenters. The van der Waals surface area contributed by atoms with Gasteiger partial charge in [0.25, 0.3) is 0 Å². The Morgan fingerprint density at radius 2 is 2.17 bits per heavy atom. The van der Waals surface area contributed by atoms with Crippen LogP contribution in [0.3, 0.4) is 0 Å². The van der Waals surface area contributed by atoms with E-state index in [0.717, 1.165) is 29.8 Å². The van der Waals surface area contributed by atoms with Crippen molar-refractivity contribution in [3.8, 4) is 5.82 Å². The first kappa shape index (κ1) is 11.4. The molecule has 1 fully saturated rings. The lowest BCUT2D eigenvalue weighted by Crippen LogP contribution is -2.15. The SMILES string of the molecule is Cc1cc(C)n(-c2cc(CNC3CC3)ccn2)n1. The third-order valence-corrected chi connectivity index (χ3v) is 3.21. The van der Waals surface area contributed by atoms with E-state index in [2.05, 4.69) is 40.5 Å². The zero-order valence-corrected chi connectivity index (χ0v) is 10.8. The van der Waals surface area contributed by atoms with Gasteiger partial charge in [-0.15, -0.1) is 0 Å². The van der Waals surface area contributed by atoms with Crippen LogP contribution >= 0.6 is 0 Å². The molecule has 18 heavy (non-hydrogen) atoms. The van der Waals surface area contributed by atoms with Crippen molar-refractivity contribution in [2.24, 2.45) is 0 Å². The van der Waals surface area contributed by atoms with E-state index in [1.807, 2.05) is 17.8 Å². The molecule has 3 rings (SSSR count). The van der Waals surface area contributed by atoms with E-state index in [9.17, 15) is 0 Å². The minimum absolute atomic E-state index is 0.732. The van der Waals surface area contributed by atoms with Gasteiger partial charge in [-0.1, -0.05) is 0 Å². The monoisotopic (exact) mass is 242 g/mol. The Balaban J connectivity index is 1.82. The van der Waals surface area contributed by atoms with Crippen molar-refractivity contribution >= 4 is 0 Å². The Morgan fingerprint density at radius 3 is 2.83 bits per heavy atom. The molecule has 0 saturated heterocycles. The zero-order valence-electron chi connectivity index (χ0n) is 10.8. The van der Waals surface area contributed by atoms with E-state index >= 15 is 0 Å². The maximum absolute atomic E-state index is 4.46. The number of aryl methyl sites for hydroxylation is 2. The Kier molecular flexibility index (Phi) is 2.88. The van der Waals surface area contributed by atoms with Gasteiger partial charge in [0.2, 0.25) is 0 Å². The van der Waals surface area contributed by atoms with Crippen molar-refractivity contribution in [2.45, 2.75) is 39.3 Å². The smallest absolute Gasteiger partial charge is 0.153 e. The molecule has 2 heterocycles. The van der Waals surface area contributed by atoms with Crippen molar-refractivity contribution in [3.63, 3.8) is 0 Å². The highest BCUT2D eigenvalue weighted by Gasteiger charge is 2.20. The van der Waals surface area contributed by atoms with Crippen LogP contribution in [0.1, 0.15) is 29.8 Å². The summed E-state index contributed by atoms with van der Waals surface area (Å²) in [4.78, 5) is 4.40. The highest BCUT2D eigenvalue weighted by Crippen LogP contribution is 2.19. The molecule has 0 aromatic carbocycles. The summed E-state index contributed by atoms with van der Waals surface area (Å²) < 4.78 is 1.90. The van der Waals surface area contributed by atoms with Gasteiger partial charge in [0.15, 0.2) is 5.82 Å². The van der Waals surface area contributed by atoms with Gasteiger partial charge in [-0.25, -0.2) is 9.67 Å². The minimum atomic E-state index is 0.732. The molecule has 0 bridgehead atoms. The van der Waals surface area contributed by atoms with Gasteiger partial charge >= 0.3 is 0 Å². The second-order valence-electron chi connectivity index (χ2n) is 5.02. The van der Waals surface area contributed by atoms with E-state index in [-0.39, 0.29) is 0 Å². The summed E-state index contributed by atoms with van der Waals surface area (Å²) in [6, 6.07) is 6.96. The van der Waals surface area contributed by atoms with Crippen molar-refractivity contribution in [1.82, 2.24) is 20.1 Å². The molecule has 0 amide bonds. The predicted molar refractivity (Wildman–Crippen MR) is 70.7 cm³/mol. The van der Waals surface area contributed by atoms with Gasteiger partial charge in [-0.3, -0.25) is 0 Å². The summed E-state index contributed by atoms with van der Waals surface area (Å²) >= 11 is 0. The van der Waals surface area contributed by atoms with Crippen molar-refractivity contribution in [2.75, 3.05) is 0 Å². The maximum atomic E-state index is 4.46. The Morgan fingerprint density at radius 1 is 1.33 bits per heavy atom. The number of hydrogen-bond acceptors (Lipinski definition) is 3. The number of pyridine rings is 1. The number of nitrogens with one attached hydrogen (secondary N) is 1. The van der Waals surface area contributed by atoms with Gasteiger partial charge in [0.1, 0.15) is 0 Å². The first-order chi connectivity index (χ1) is 8.72. The molecule has 0 aliphatic heterocycles. The number of aromatic nitrogens is 3. The summed E-state index contributed by atoms with van der Waals surface area (Å²) in [7, 11) is 0. The van der Waals surface area contributed by atoms with Crippen molar-refractivity contribution in [3.05, 3.63) is 41.3 Å². The summed E-state index contributed by atoms with van der Waals surface area (Å²) in [5, 5.41) is 7.98. The lowest BCUT2D eigenvalue weighted by atomic mass is 10.2. The minimum Gasteiger partial charge on any atom is -0.310 e. The Hall–Kier alpha value is -1.68. The molecule has 2 aromatic rings. The molecule has 0 radical (unpaired) electrons. The zero-order chi connectivity index (χ0) is 12.5. The van der Waals surface area contributed by atoms with Gasteiger partial charge < -0.3 is 5.32 Å². The Labute approximate surface area is 107 Å². The van der Waals surface area contributed by atoms with Gasteiger partial charge in [0, 0.05) is 24.5 Å². The first-order valence-corrected chi connectivity index (χ1v) is 6.44. The van der Waals surface area contributed by atoms with E-state index < -0.39 is 0 Å². The molecule has 1 N–H and O–H groups in total. The average molecular weight is 242 g/mol. The van der Waals surface area contributed by atoms with E-state index in [4.69, 9.17) is 0 Å². The standard InChI is InChI=1S/C14H18N4/c1-10-7-11(2)18(17-10)14-8-12(5-6-15-14)9-16-13-3-4-13/h5-8,13,16H,3-4,9H2,1-2H3. The molecule has 1 saturated carbocycles. The maximum Gasteiger partial charge on any atom is 0.153 e. The highest BCUT2D eigenvalue weighted by atomic mass is 15.3. The molecular weight excluding hydrogens is 224 g/mol. The molecule has 2 aromatic heterocycles. The third kappa shape index (κ3) is 2.43. The molecular formula is C14H18N4. The van der Waals surface area contributed by atoms with Gasteiger partial charge in [-0.05, 0) is 50.5 Å². The lowest BCUT2D eigenvalue weighted by molar-refractivity contribution is 0.685. The fourth-order valence-corrected chi connectivity index (χ4v) is 2.10. The first-order valence-electron chi connectivity index (χ1n) is 6.44. The quantitative estimate of drug-likeness (QED) is 0.893. The van der Waals surface area contributed by atoms with E-state index in [1.54, 1.807) is 0 Å². The second-order valence-corrected chi connectivity index (χ2v) is 5.02. The summed E-state index contributed by atoms with van der Waals surface area (Å²) in [5.74, 6) is 0.899. The summed E-state index contributed by atoms with van der Waals surface area (Å²) in [5.41, 5.74) is 3.41. The number of nitrogens with zero attached hydrogens (tertiary/aromatic N) is 3. The molecule has 0 unspecified atom stereocenters. The van der Waals surface area contributed by atoms with Gasteiger partial charge in [0.05, 0.1) is 5.69 Å². The Bertz CT molecular complexity index is 555. The molecule has 1 aliphatic carbocycles.